The van der Waals surface area contributed by atoms with Crippen LogP contribution in [0.2, 0.25) is 0 Å². The van der Waals surface area contributed by atoms with Crippen molar-refractivity contribution in [3.63, 3.8) is 0 Å². The minimum atomic E-state index is -0.851. The number of carbonyl (C=O) groups excluding carboxylic acids is 2. The van der Waals surface area contributed by atoms with Crippen LogP contribution in [-0.4, -0.2) is 59.9 Å². The topological polar surface area (TPSA) is 52.7 Å². The first kappa shape index (κ1) is 17.4. The van der Waals surface area contributed by atoms with E-state index >= 15 is 0 Å². The van der Waals surface area contributed by atoms with Crippen LogP contribution in [0.1, 0.15) is 36.0 Å². The number of fused-ring (bicyclic) bond motifs is 1. The predicted octanol–water partition coefficient (Wildman–Crippen LogP) is 1.78. The van der Waals surface area contributed by atoms with Gasteiger partial charge in [-0.05, 0) is 43.9 Å². The molecule has 3 heterocycles. The van der Waals surface area contributed by atoms with E-state index in [0.717, 1.165) is 31.0 Å². The average Bonchev–Trinajstić information content (AvgIpc) is 3.20. The van der Waals surface area contributed by atoms with Crippen molar-refractivity contribution < 1.29 is 18.4 Å². The Morgan fingerprint density at radius 3 is 2.27 bits per heavy atom. The van der Waals surface area contributed by atoms with Gasteiger partial charge in [0.15, 0.2) is 0 Å². The Morgan fingerprint density at radius 2 is 1.69 bits per heavy atom. The molecule has 3 aliphatic heterocycles. The van der Waals surface area contributed by atoms with Gasteiger partial charge in [0, 0.05) is 38.1 Å². The van der Waals surface area contributed by atoms with Crippen LogP contribution < -0.4 is 5.32 Å². The van der Waals surface area contributed by atoms with Crippen LogP contribution in [0.4, 0.5) is 8.78 Å². The summed E-state index contributed by atoms with van der Waals surface area (Å²) in [6, 6.07) is 3.40. The number of hydrogen-bond acceptors (Lipinski definition) is 3. The Hall–Kier alpha value is -2.02. The highest BCUT2D eigenvalue weighted by atomic mass is 19.1. The molecule has 3 saturated heterocycles. The number of carbonyl (C=O) groups is 2. The molecule has 0 spiro atoms. The Balaban J connectivity index is 1.29. The third-order valence-electron chi connectivity index (χ3n) is 6.04. The molecule has 0 unspecified atom stereocenters. The van der Waals surface area contributed by atoms with Gasteiger partial charge in [0.25, 0.3) is 5.91 Å². The summed E-state index contributed by atoms with van der Waals surface area (Å²) in [5, 5.41) is 3.52. The van der Waals surface area contributed by atoms with E-state index in [4.69, 9.17) is 0 Å². The molecule has 2 bridgehead atoms. The van der Waals surface area contributed by atoms with Gasteiger partial charge in [-0.3, -0.25) is 9.59 Å². The summed E-state index contributed by atoms with van der Waals surface area (Å²) >= 11 is 0. The number of halogens is 2. The Kier molecular flexibility index (Phi) is 4.42. The first-order chi connectivity index (χ1) is 12.5. The van der Waals surface area contributed by atoms with Crippen molar-refractivity contribution in [2.75, 3.05) is 32.7 Å². The summed E-state index contributed by atoms with van der Waals surface area (Å²) in [5.74, 6) is -1.47. The Morgan fingerprint density at radius 1 is 1.08 bits per heavy atom. The van der Waals surface area contributed by atoms with E-state index in [1.165, 1.54) is 23.8 Å². The zero-order valence-electron chi connectivity index (χ0n) is 14.6. The molecule has 140 valence electrons. The lowest BCUT2D eigenvalue weighted by atomic mass is 9.71. The molecule has 0 radical (unpaired) electrons. The lowest BCUT2D eigenvalue weighted by Gasteiger charge is -2.39. The number of piperazine rings is 1. The molecule has 5 rings (SSSR count). The Bertz CT molecular complexity index is 700. The minimum absolute atomic E-state index is 0.0979. The molecule has 1 aromatic rings. The number of hydrogen-bond donors (Lipinski definition) is 1. The summed E-state index contributed by atoms with van der Waals surface area (Å²) in [7, 11) is 0. The third-order valence-corrected chi connectivity index (χ3v) is 6.04. The fourth-order valence-electron chi connectivity index (χ4n) is 4.51. The highest BCUT2D eigenvalue weighted by Gasteiger charge is 2.49. The highest BCUT2D eigenvalue weighted by molar-refractivity contribution is 5.95. The van der Waals surface area contributed by atoms with Gasteiger partial charge < -0.3 is 15.1 Å². The highest BCUT2D eigenvalue weighted by Crippen LogP contribution is 2.46. The fraction of sp³-hybridized carbons (Fsp3) is 0.579. The molecule has 4 fully saturated rings. The molecule has 1 aromatic carbocycles. The van der Waals surface area contributed by atoms with Gasteiger partial charge in [-0.2, -0.15) is 0 Å². The van der Waals surface area contributed by atoms with Crippen molar-refractivity contribution in [2.24, 2.45) is 5.92 Å². The molecule has 4 aliphatic rings. The van der Waals surface area contributed by atoms with E-state index < -0.39 is 23.1 Å². The molecular formula is C19H23F2N3O2. The summed E-state index contributed by atoms with van der Waals surface area (Å²) in [4.78, 5) is 28.0. The number of nitrogens with zero attached hydrogens (tertiary/aromatic N) is 2. The molecule has 26 heavy (non-hydrogen) atoms. The van der Waals surface area contributed by atoms with E-state index in [1.807, 2.05) is 0 Å². The van der Waals surface area contributed by atoms with Gasteiger partial charge in [-0.1, -0.05) is 6.07 Å². The molecule has 2 amide bonds. The maximum absolute atomic E-state index is 13.8. The van der Waals surface area contributed by atoms with Crippen LogP contribution in [0, 0.1) is 17.6 Å². The van der Waals surface area contributed by atoms with Crippen molar-refractivity contribution in [1.29, 1.82) is 0 Å². The van der Waals surface area contributed by atoms with Crippen molar-refractivity contribution in [3.8, 4) is 0 Å². The predicted molar refractivity (Wildman–Crippen MR) is 91.5 cm³/mol. The summed E-state index contributed by atoms with van der Waals surface area (Å²) in [5.41, 5.74) is -0.335. The number of amides is 2. The van der Waals surface area contributed by atoms with E-state index in [2.05, 4.69) is 5.32 Å². The smallest absolute Gasteiger partial charge is 0.259 e. The SMILES string of the molecule is O=C(CCC12CC(CN1)C2)N1CCN(C(=O)c2c(F)cccc2F)CC1. The standard InChI is InChI=1S/C19H23F2N3O2/c20-14-2-1-3-15(21)17(14)18(26)24-8-6-23(7-9-24)16(25)4-5-19-10-13(11-19)12-22-19/h1-3,13,22H,4-12H2. The van der Waals surface area contributed by atoms with Gasteiger partial charge in [0.1, 0.15) is 17.2 Å². The lowest BCUT2D eigenvalue weighted by molar-refractivity contribution is -0.133. The van der Waals surface area contributed by atoms with Gasteiger partial charge in [0.05, 0.1) is 0 Å². The van der Waals surface area contributed by atoms with E-state index in [-0.39, 0.29) is 11.4 Å². The van der Waals surface area contributed by atoms with Crippen molar-refractivity contribution in [2.45, 2.75) is 31.2 Å². The van der Waals surface area contributed by atoms with Crippen molar-refractivity contribution in [1.82, 2.24) is 15.1 Å². The summed E-state index contributed by atoms with van der Waals surface area (Å²) in [6.07, 6.45) is 3.73. The molecule has 1 N–H and O–H groups in total. The molecule has 1 aliphatic carbocycles. The number of nitrogens with one attached hydrogen (secondary N) is 1. The molecule has 0 aromatic heterocycles. The molecule has 5 nitrogen and oxygen atoms in total. The number of rotatable bonds is 4. The molecule has 1 saturated carbocycles. The first-order valence-electron chi connectivity index (χ1n) is 9.23. The van der Waals surface area contributed by atoms with Gasteiger partial charge in [-0.15, -0.1) is 0 Å². The van der Waals surface area contributed by atoms with Crippen LogP contribution in [0.25, 0.3) is 0 Å². The largest absolute Gasteiger partial charge is 0.339 e. The number of benzene rings is 1. The molecular weight excluding hydrogens is 340 g/mol. The first-order valence-corrected chi connectivity index (χ1v) is 9.23. The normalized spacial score (nSPS) is 27.4. The van der Waals surface area contributed by atoms with Crippen molar-refractivity contribution in [3.05, 3.63) is 35.4 Å². The van der Waals surface area contributed by atoms with Gasteiger partial charge in [0.2, 0.25) is 5.91 Å². The van der Waals surface area contributed by atoms with Crippen LogP contribution in [0.3, 0.4) is 0 Å². The van der Waals surface area contributed by atoms with Crippen molar-refractivity contribution >= 4 is 11.8 Å². The second-order valence-electron chi connectivity index (χ2n) is 7.71. The molecule has 7 heteroatoms. The van der Waals surface area contributed by atoms with Crippen LogP contribution >= 0.6 is 0 Å². The zero-order valence-corrected chi connectivity index (χ0v) is 14.6. The van der Waals surface area contributed by atoms with E-state index in [1.54, 1.807) is 4.90 Å². The van der Waals surface area contributed by atoms with Gasteiger partial charge in [-0.25, -0.2) is 8.78 Å². The zero-order chi connectivity index (χ0) is 18.3. The monoisotopic (exact) mass is 363 g/mol. The summed E-state index contributed by atoms with van der Waals surface area (Å²) in [6.45, 7) is 2.47. The third kappa shape index (κ3) is 3.09. The van der Waals surface area contributed by atoms with Crippen LogP contribution in [0.5, 0.6) is 0 Å². The lowest BCUT2D eigenvalue weighted by Crippen LogP contribution is -2.51. The Labute approximate surface area is 151 Å². The molecule has 0 atom stereocenters. The van der Waals surface area contributed by atoms with E-state index in [9.17, 15) is 18.4 Å². The van der Waals surface area contributed by atoms with Crippen LogP contribution in [-0.2, 0) is 4.79 Å². The quantitative estimate of drug-likeness (QED) is 0.887. The second kappa shape index (κ2) is 6.61. The maximum atomic E-state index is 13.8. The average molecular weight is 363 g/mol. The minimum Gasteiger partial charge on any atom is -0.339 e. The maximum Gasteiger partial charge on any atom is 0.259 e. The van der Waals surface area contributed by atoms with Crippen LogP contribution in [0.15, 0.2) is 18.2 Å². The summed E-state index contributed by atoms with van der Waals surface area (Å²) < 4.78 is 27.6. The fourth-order valence-corrected chi connectivity index (χ4v) is 4.51. The van der Waals surface area contributed by atoms with Gasteiger partial charge >= 0.3 is 0 Å². The van der Waals surface area contributed by atoms with E-state index in [0.29, 0.717) is 32.6 Å². The second-order valence-corrected chi connectivity index (χ2v) is 7.71.